The highest BCUT2D eigenvalue weighted by Gasteiger charge is 2.27. The summed E-state index contributed by atoms with van der Waals surface area (Å²) in [7, 11) is 1.74. The lowest BCUT2D eigenvalue weighted by Gasteiger charge is -2.34. The zero-order valence-electron chi connectivity index (χ0n) is 17.6. The highest BCUT2D eigenvalue weighted by Crippen LogP contribution is 2.42. The fourth-order valence-corrected chi connectivity index (χ4v) is 3.52. The van der Waals surface area contributed by atoms with Crippen LogP contribution in [0.3, 0.4) is 0 Å². The van der Waals surface area contributed by atoms with Crippen LogP contribution in [0.25, 0.3) is 0 Å². The Morgan fingerprint density at radius 2 is 1.92 bits per heavy atom. The second kappa shape index (κ2) is 10.5. The summed E-state index contributed by atoms with van der Waals surface area (Å²) in [6.45, 7) is 12.8. The molecule has 0 bridgehead atoms. The first-order valence-corrected chi connectivity index (χ1v) is 9.54. The minimum Gasteiger partial charge on any atom is -0.462 e. The molecule has 3 heteroatoms. The average Bonchev–Trinajstić information content (AvgIpc) is 2.54. The fourth-order valence-electron chi connectivity index (χ4n) is 3.52. The van der Waals surface area contributed by atoms with Gasteiger partial charge in [0.25, 0.3) is 0 Å². The third-order valence-corrected chi connectivity index (χ3v) is 5.24. The largest absolute Gasteiger partial charge is 0.462 e. The van der Waals surface area contributed by atoms with Gasteiger partial charge in [0.1, 0.15) is 6.61 Å². The Labute approximate surface area is 159 Å². The number of hydrogen-bond acceptors (Lipinski definition) is 3. The van der Waals surface area contributed by atoms with Crippen molar-refractivity contribution in [1.29, 1.82) is 0 Å². The van der Waals surface area contributed by atoms with Crippen LogP contribution in [0.15, 0.2) is 46.6 Å². The normalized spacial score (nSPS) is 19.8. The number of methoxy groups -OCH3 is 1. The van der Waals surface area contributed by atoms with Crippen molar-refractivity contribution >= 4 is 5.97 Å². The molecule has 0 aromatic rings. The van der Waals surface area contributed by atoms with Crippen LogP contribution >= 0.6 is 0 Å². The van der Waals surface area contributed by atoms with Crippen LogP contribution in [0.2, 0.25) is 0 Å². The molecule has 1 atom stereocenters. The summed E-state index contributed by atoms with van der Waals surface area (Å²) in [5.74, 6) is -0.262. The van der Waals surface area contributed by atoms with Gasteiger partial charge in [0, 0.05) is 14.0 Å². The Hall–Kier alpha value is -1.61. The molecular weight excluding hydrogens is 324 g/mol. The molecule has 0 radical (unpaired) electrons. The van der Waals surface area contributed by atoms with Crippen LogP contribution in [-0.4, -0.2) is 25.8 Å². The Kier molecular flexibility index (Phi) is 9.07. The maximum Gasteiger partial charge on any atom is 0.302 e. The van der Waals surface area contributed by atoms with E-state index in [1.54, 1.807) is 18.3 Å². The molecule has 1 rings (SSSR count). The summed E-state index contributed by atoms with van der Waals surface area (Å²) < 4.78 is 10.6. The second-order valence-corrected chi connectivity index (χ2v) is 7.91. The summed E-state index contributed by atoms with van der Waals surface area (Å²) in [6.07, 6.45) is 13.0. The maximum absolute atomic E-state index is 10.8. The molecule has 0 fully saturated rings. The van der Waals surface area contributed by atoms with Crippen molar-refractivity contribution in [3.8, 4) is 0 Å². The van der Waals surface area contributed by atoms with Crippen molar-refractivity contribution in [2.45, 2.75) is 73.3 Å². The van der Waals surface area contributed by atoms with Crippen molar-refractivity contribution in [1.82, 2.24) is 0 Å². The lowest BCUT2D eigenvalue weighted by molar-refractivity contribution is -0.139. The summed E-state index contributed by atoms with van der Waals surface area (Å²) in [6, 6.07) is 0. The number of carbonyl (C=O) groups is 1. The monoisotopic (exact) mass is 360 g/mol. The molecule has 3 nitrogen and oxygen atoms in total. The van der Waals surface area contributed by atoms with E-state index in [4.69, 9.17) is 9.47 Å². The van der Waals surface area contributed by atoms with Gasteiger partial charge in [0.05, 0.1) is 6.10 Å². The van der Waals surface area contributed by atoms with E-state index in [0.29, 0.717) is 12.0 Å². The molecule has 0 amide bonds. The molecule has 0 aromatic carbocycles. The fraction of sp³-hybridized carbons (Fsp3) is 0.609. The van der Waals surface area contributed by atoms with Crippen LogP contribution in [0.1, 0.15) is 67.2 Å². The molecule has 0 N–H and O–H groups in total. The van der Waals surface area contributed by atoms with Gasteiger partial charge in [-0.3, -0.25) is 4.79 Å². The van der Waals surface area contributed by atoms with Crippen molar-refractivity contribution in [3.05, 3.63) is 46.6 Å². The topological polar surface area (TPSA) is 35.5 Å². The van der Waals surface area contributed by atoms with E-state index in [1.807, 2.05) is 19.1 Å². The van der Waals surface area contributed by atoms with Crippen LogP contribution < -0.4 is 0 Å². The number of rotatable bonds is 8. The molecule has 146 valence electrons. The van der Waals surface area contributed by atoms with Gasteiger partial charge < -0.3 is 9.47 Å². The first-order chi connectivity index (χ1) is 12.2. The van der Waals surface area contributed by atoms with Gasteiger partial charge in [-0.25, -0.2) is 0 Å². The van der Waals surface area contributed by atoms with E-state index in [1.165, 1.54) is 31.8 Å². The van der Waals surface area contributed by atoms with E-state index in [-0.39, 0.29) is 12.1 Å². The summed E-state index contributed by atoms with van der Waals surface area (Å²) >= 11 is 0. The third-order valence-electron chi connectivity index (χ3n) is 5.24. The van der Waals surface area contributed by atoms with E-state index in [2.05, 4.69) is 39.8 Å². The van der Waals surface area contributed by atoms with E-state index in [9.17, 15) is 4.79 Å². The number of carbonyl (C=O) groups excluding carboxylic acids is 1. The number of allylic oxidation sites excluding steroid dienone is 5. The van der Waals surface area contributed by atoms with Gasteiger partial charge in [-0.2, -0.15) is 0 Å². The molecule has 26 heavy (non-hydrogen) atoms. The molecule has 1 aliphatic rings. The van der Waals surface area contributed by atoms with Gasteiger partial charge in [0.2, 0.25) is 0 Å². The predicted molar refractivity (Wildman–Crippen MR) is 109 cm³/mol. The SMILES string of the molecule is COC(/C=C/C(C)=C/COC(C)=O)/C(C)=C\CC1=C(C)CCCC1(C)C. The van der Waals surface area contributed by atoms with E-state index >= 15 is 0 Å². The summed E-state index contributed by atoms with van der Waals surface area (Å²) in [5, 5.41) is 0. The Balaban J connectivity index is 2.76. The van der Waals surface area contributed by atoms with Crippen LogP contribution in [0, 0.1) is 5.41 Å². The van der Waals surface area contributed by atoms with Crippen molar-refractivity contribution < 1.29 is 14.3 Å². The molecule has 0 aromatic heterocycles. The highest BCUT2D eigenvalue weighted by molar-refractivity contribution is 5.66. The minimum absolute atomic E-state index is 0.0420. The van der Waals surface area contributed by atoms with Gasteiger partial charge in [-0.15, -0.1) is 0 Å². The zero-order valence-corrected chi connectivity index (χ0v) is 17.6. The average molecular weight is 361 g/mol. The summed E-state index contributed by atoms with van der Waals surface area (Å²) in [4.78, 5) is 10.8. The van der Waals surface area contributed by atoms with Crippen LogP contribution in [-0.2, 0) is 14.3 Å². The minimum atomic E-state index is -0.262. The van der Waals surface area contributed by atoms with E-state index in [0.717, 1.165) is 12.0 Å². The standard InChI is InChI=1S/C23H36O3/c1-17(14-16-26-20(4)24)10-13-22(25-7)19(3)11-12-21-18(2)9-8-15-23(21,5)6/h10-11,13-14,22H,8-9,12,15-16H2,1-7H3/b13-10+,17-14+,19-11-. The second-order valence-electron chi connectivity index (χ2n) is 7.91. The molecule has 1 aliphatic carbocycles. The summed E-state index contributed by atoms with van der Waals surface area (Å²) in [5.41, 5.74) is 5.71. The molecule has 0 heterocycles. The predicted octanol–water partition coefficient (Wildman–Crippen LogP) is 5.93. The third kappa shape index (κ3) is 7.33. The van der Waals surface area contributed by atoms with Gasteiger partial charge in [0.15, 0.2) is 0 Å². The lowest BCUT2D eigenvalue weighted by atomic mass is 9.71. The molecule has 0 saturated carbocycles. The first kappa shape index (κ1) is 22.4. The van der Waals surface area contributed by atoms with Gasteiger partial charge >= 0.3 is 5.97 Å². The number of esters is 1. The van der Waals surface area contributed by atoms with E-state index < -0.39 is 0 Å². The molecular formula is C23H36O3. The zero-order chi connectivity index (χ0) is 19.7. The van der Waals surface area contributed by atoms with Crippen molar-refractivity contribution in [2.24, 2.45) is 5.41 Å². The maximum atomic E-state index is 10.8. The van der Waals surface area contributed by atoms with Gasteiger partial charge in [-0.1, -0.05) is 48.8 Å². The molecule has 0 saturated heterocycles. The van der Waals surface area contributed by atoms with Crippen LogP contribution in [0.5, 0.6) is 0 Å². The molecule has 0 spiro atoms. The highest BCUT2D eigenvalue weighted by atomic mass is 16.5. The first-order valence-electron chi connectivity index (χ1n) is 9.54. The quantitative estimate of drug-likeness (QED) is 0.306. The Bertz CT molecular complexity index is 603. The van der Waals surface area contributed by atoms with Crippen molar-refractivity contribution in [3.63, 3.8) is 0 Å². The van der Waals surface area contributed by atoms with Gasteiger partial charge in [-0.05, 0) is 63.5 Å². The lowest BCUT2D eigenvalue weighted by Crippen LogP contribution is -2.20. The smallest absolute Gasteiger partial charge is 0.302 e. The molecule has 1 unspecified atom stereocenters. The van der Waals surface area contributed by atoms with Crippen LogP contribution in [0.4, 0.5) is 0 Å². The Morgan fingerprint density at radius 3 is 2.50 bits per heavy atom. The number of ether oxygens (including phenoxy) is 2. The molecule has 0 aliphatic heterocycles. The number of hydrogen-bond donors (Lipinski definition) is 0. The van der Waals surface area contributed by atoms with Crippen molar-refractivity contribution in [2.75, 3.05) is 13.7 Å². The Morgan fingerprint density at radius 1 is 1.23 bits per heavy atom.